The fourth-order valence-electron chi connectivity index (χ4n) is 2.19. The van der Waals surface area contributed by atoms with Crippen LogP contribution in [0.2, 0.25) is 0 Å². The molecule has 0 fully saturated rings. The van der Waals surface area contributed by atoms with Crippen LogP contribution in [-0.4, -0.2) is 16.5 Å². The molecule has 0 aliphatic carbocycles. The molecule has 1 aromatic carbocycles. The standard InChI is InChI=1S/C16H15BrN2O2/c1-20-14-6-4-5-12(9-17)16(14)21-11-13-10-19-8-3-2-7-15(19)18-13/h2-8,10H,9,11H2,1H3. The summed E-state index contributed by atoms with van der Waals surface area (Å²) in [5.41, 5.74) is 2.85. The Kier molecular flexibility index (Phi) is 4.10. The lowest BCUT2D eigenvalue weighted by molar-refractivity contribution is 0.279. The Morgan fingerprint density at radius 3 is 2.86 bits per heavy atom. The highest BCUT2D eigenvalue weighted by molar-refractivity contribution is 9.08. The second kappa shape index (κ2) is 6.18. The summed E-state index contributed by atoms with van der Waals surface area (Å²) in [6.07, 6.45) is 3.94. The summed E-state index contributed by atoms with van der Waals surface area (Å²) in [6.45, 7) is 0.405. The lowest BCUT2D eigenvalue weighted by Crippen LogP contribution is -2.00. The Labute approximate surface area is 131 Å². The number of pyridine rings is 1. The van der Waals surface area contributed by atoms with Gasteiger partial charge >= 0.3 is 0 Å². The molecule has 3 aromatic rings. The highest BCUT2D eigenvalue weighted by Gasteiger charge is 2.11. The van der Waals surface area contributed by atoms with E-state index >= 15 is 0 Å². The van der Waals surface area contributed by atoms with E-state index in [4.69, 9.17) is 9.47 Å². The van der Waals surface area contributed by atoms with Crippen molar-refractivity contribution in [1.82, 2.24) is 9.38 Å². The first-order valence-corrected chi connectivity index (χ1v) is 7.71. The number of hydrogen-bond acceptors (Lipinski definition) is 3. The molecule has 0 saturated carbocycles. The Morgan fingerprint density at radius 1 is 1.19 bits per heavy atom. The predicted molar refractivity (Wildman–Crippen MR) is 85.1 cm³/mol. The summed E-state index contributed by atoms with van der Waals surface area (Å²) >= 11 is 3.47. The van der Waals surface area contributed by atoms with Crippen molar-refractivity contribution in [3.8, 4) is 11.5 Å². The van der Waals surface area contributed by atoms with Gasteiger partial charge in [-0.25, -0.2) is 4.98 Å². The Bertz CT molecular complexity index is 700. The van der Waals surface area contributed by atoms with Crippen molar-refractivity contribution in [1.29, 1.82) is 0 Å². The smallest absolute Gasteiger partial charge is 0.165 e. The van der Waals surface area contributed by atoms with Crippen LogP contribution in [0.5, 0.6) is 11.5 Å². The van der Waals surface area contributed by atoms with Crippen LogP contribution in [0.1, 0.15) is 11.3 Å². The molecule has 0 bridgehead atoms. The van der Waals surface area contributed by atoms with Crippen molar-refractivity contribution in [2.75, 3.05) is 7.11 Å². The van der Waals surface area contributed by atoms with Crippen LogP contribution >= 0.6 is 15.9 Å². The molecule has 0 amide bonds. The molecule has 0 saturated heterocycles. The maximum Gasteiger partial charge on any atom is 0.165 e. The van der Waals surface area contributed by atoms with Crippen LogP contribution in [-0.2, 0) is 11.9 Å². The Hall–Kier alpha value is -2.01. The van der Waals surface area contributed by atoms with E-state index in [2.05, 4.69) is 20.9 Å². The van der Waals surface area contributed by atoms with E-state index in [0.717, 1.165) is 28.4 Å². The number of nitrogens with zero attached hydrogens (tertiary/aromatic N) is 2. The Morgan fingerprint density at radius 2 is 2.10 bits per heavy atom. The van der Waals surface area contributed by atoms with E-state index in [-0.39, 0.29) is 0 Å². The SMILES string of the molecule is COc1cccc(CBr)c1OCc1cn2ccccc2n1. The van der Waals surface area contributed by atoms with Crippen molar-refractivity contribution in [3.05, 3.63) is 60.0 Å². The number of para-hydroxylation sites is 1. The zero-order chi connectivity index (χ0) is 14.7. The monoisotopic (exact) mass is 346 g/mol. The molecule has 0 unspecified atom stereocenters. The largest absolute Gasteiger partial charge is 0.493 e. The van der Waals surface area contributed by atoms with Crippen LogP contribution in [0.3, 0.4) is 0 Å². The number of benzene rings is 1. The fourth-order valence-corrected chi connectivity index (χ4v) is 2.64. The second-order valence-electron chi connectivity index (χ2n) is 4.57. The number of methoxy groups -OCH3 is 1. The fraction of sp³-hybridized carbons (Fsp3) is 0.188. The maximum absolute atomic E-state index is 5.93. The minimum Gasteiger partial charge on any atom is -0.493 e. The summed E-state index contributed by atoms with van der Waals surface area (Å²) < 4.78 is 13.3. The van der Waals surface area contributed by atoms with Crippen molar-refractivity contribution in [3.63, 3.8) is 0 Å². The second-order valence-corrected chi connectivity index (χ2v) is 5.13. The van der Waals surface area contributed by atoms with Gasteiger partial charge in [-0.3, -0.25) is 0 Å². The molecule has 5 heteroatoms. The van der Waals surface area contributed by atoms with Gasteiger partial charge in [0.25, 0.3) is 0 Å². The van der Waals surface area contributed by atoms with Crippen LogP contribution in [0.15, 0.2) is 48.8 Å². The Balaban J connectivity index is 1.84. The van der Waals surface area contributed by atoms with E-state index < -0.39 is 0 Å². The van der Waals surface area contributed by atoms with Crippen molar-refractivity contribution >= 4 is 21.6 Å². The number of rotatable bonds is 5. The van der Waals surface area contributed by atoms with Gasteiger partial charge in [0.2, 0.25) is 0 Å². The van der Waals surface area contributed by atoms with Crippen LogP contribution in [0.25, 0.3) is 5.65 Å². The average molecular weight is 347 g/mol. The van der Waals surface area contributed by atoms with E-state index in [9.17, 15) is 0 Å². The van der Waals surface area contributed by atoms with Gasteiger partial charge in [-0.1, -0.05) is 34.1 Å². The van der Waals surface area contributed by atoms with Gasteiger partial charge in [0.1, 0.15) is 12.3 Å². The summed E-state index contributed by atoms with van der Waals surface area (Å²) in [5, 5.41) is 0.713. The third-order valence-corrected chi connectivity index (χ3v) is 3.81. The summed E-state index contributed by atoms with van der Waals surface area (Å²) in [7, 11) is 1.64. The van der Waals surface area contributed by atoms with Gasteiger partial charge in [0.05, 0.1) is 12.8 Å². The quantitative estimate of drug-likeness (QED) is 0.659. The molecule has 0 radical (unpaired) electrons. The van der Waals surface area contributed by atoms with E-state index in [1.165, 1.54) is 0 Å². The lowest BCUT2D eigenvalue weighted by atomic mass is 10.2. The molecular weight excluding hydrogens is 332 g/mol. The summed E-state index contributed by atoms with van der Waals surface area (Å²) in [6, 6.07) is 11.8. The minimum atomic E-state index is 0.405. The number of halogens is 1. The number of alkyl halides is 1. The van der Waals surface area contributed by atoms with Gasteiger partial charge in [0.15, 0.2) is 11.5 Å². The predicted octanol–water partition coefficient (Wildman–Crippen LogP) is 3.82. The van der Waals surface area contributed by atoms with Crippen molar-refractivity contribution < 1.29 is 9.47 Å². The molecule has 0 spiro atoms. The van der Waals surface area contributed by atoms with E-state index in [1.807, 2.05) is 53.2 Å². The highest BCUT2D eigenvalue weighted by atomic mass is 79.9. The first-order valence-electron chi connectivity index (χ1n) is 6.59. The number of imidazole rings is 1. The van der Waals surface area contributed by atoms with Gasteiger partial charge in [-0.2, -0.15) is 0 Å². The molecular formula is C16H15BrN2O2. The van der Waals surface area contributed by atoms with Gasteiger partial charge in [-0.15, -0.1) is 0 Å². The minimum absolute atomic E-state index is 0.405. The van der Waals surface area contributed by atoms with Gasteiger partial charge < -0.3 is 13.9 Å². The van der Waals surface area contributed by atoms with Crippen LogP contribution in [0, 0.1) is 0 Å². The number of hydrogen-bond donors (Lipinski definition) is 0. The van der Waals surface area contributed by atoms with Crippen molar-refractivity contribution in [2.24, 2.45) is 0 Å². The molecule has 3 rings (SSSR count). The molecule has 21 heavy (non-hydrogen) atoms. The third-order valence-electron chi connectivity index (χ3n) is 3.20. The first kappa shape index (κ1) is 13.9. The maximum atomic E-state index is 5.93. The molecule has 0 aliphatic heterocycles. The zero-order valence-corrected chi connectivity index (χ0v) is 13.2. The van der Waals surface area contributed by atoms with Gasteiger partial charge in [0, 0.05) is 23.3 Å². The normalized spacial score (nSPS) is 10.8. The third kappa shape index (κ3) is 2.88. The topological polar surface area (TPSA) is 35.8 Å². The molecule has 4 nitrogen and oxygen atoms in total. The number of fused-ring (bicyclic) bond motifs is 1. The van der Waals surface area contributed by atoms with E-state index in [0.29, 0.717) is 11.9 Å². The van der Waals surface area contributed by atoms with Crippen LogP contribution in [0.4, 0.5) is 0 Å². The lowest BCUT2D eigenvalue weighted by Gasteiger charge is -2.13. The zero-order valence-electron chi connectivity index (χ0n) is 11.6. The molecule has 108 valence electrons. The molecule has 0 atom stereocenters. The molecule has 2 heterocycles. The first-order chi connectivity index (χ1) is 10.3. The molecule has 0 aliphatic rings. The average Bonchev–Trinajstić information content (AvgIpc) is 2.95. The van der Waals surface area contributed by atoms with Crippen LogP contribution < -0.4 is 9.47 Å². The highest BCUT2D eigenvalue weighted by Crippen LogP contribution is 2.33. The molecule has 2 aromatic heterocycles. The molecule has 0 N–H and O–H groups in total. The summed E-state index contributed by atoms with van der Waals surface area (Å²) in [5.74, 6) is 1.49. The number of aromatic nitrogens is 2. The number of ether oxygens (including phenoxy) is 2. The van der Waals surface area contributed by atoms with E-state index in [1.54, 1.807) is 7.11 Å². The van der Waals surface area contributed by atoms with Gasteiger partial charge in [-0.05, 0) is 18.2 Å². The van der Waals surface area contributed by atoms with Crippen molar-refractivity contribution in [2.45, 2.75) is 11.9 Å². The summed E-state index contributed by atoms with van der Waals surface area (Å²) in [4.78, 5) is 4.52.